The molecule has 0 aromatic carbocycles. The molecular weight excluding hydrogens is 170 g/mol. The Morgan fingerprint density at radius 2 is 2.29 bits per heavy atom. The summed E-state index contributed by atoms with van der Waals surface area (Å²) in [6.07, 6.45) is 7.64. The van der Waals surface area contributed by atoms with Gasteiger partial charge in [-0.3, -0.25) is 0 Å². The lowest BCUT2D eigenvalue weighted by Crippen LogP contribution is -2.48. The van der Waals surface area contributed by atoms with E-state index in [-0.39, 0.29) is 0 Å². The quantitative estimate of drug-likeness (QED) is 0.685. The molecule has 2 N–H and O–H groups in total. The van der Waals surface area contributed by atoms with Crippen LogP contribution in [0, 0.1) is 17.3 Å². The highest BCUT2D eigenvalue weighted by atomic mass is 14.6. The second kappa shape index (κ2) is 3.37. The van der Waals surface area contributed by atoms with E-state index in [1.165, 1.54) is 19.3 Å². The molecule has 3 atom stereocenters. The first kappa shape index (κ1) is 10.2. The Morgan fingerprint density at radius 3 is 2.79 bits per heavy atom. The van der Waals surface area contributed by atoms with Crippen LogP contribution < -0.4 is 5.73 Å². The summed E-state index contributed by atoms with van der Waals surface area (Å²) in [5, 5.41) is 0. The average molecular weight is 193 g/mol. The van der Waals surface area contributed by atoms with E-state index >= 15 is 0 Å². The van der Waals surface area contributed by atoms with E-state index in [0.717, 1.165) is 18.3 Å². The van der Waals surface area contributed by atoms with Crippen LogP contribution in [0.2, 0.25) is 0 Å². The first-order valence-corrected chi connectivity index (χ1v) is 5.96. The molecule has 14 heavy (non-hydrogen) atoms. The van der Waals surface area contributed by atoms with Crippen LogP contribution in [0.5, 0.6) is 0 Å². The van der Waals surface area contributed by atoms with Crippen molar-refractivity contribution in [1.29, 1.82) is 0 Å². The van der Waals surface area contributed by atoms with E-state index in [2.05, 4.69) is 26.8 Å². The lowest BCUT2D eigenvalue weighted by atomic mass is 9.48. The molecule has 1 heteroatoms. The van der Waals surface area contributed by atoms with Crippen molar-refractivity contribution >= 4 is 0 Å². The lowest BCUT2D eigenvalue weighted by Gasteiger charge is -2.56. The number of hydrogen-bond donors (Lipinski definition) is 1. The number of rotatable bonds is 3. The van der Waals surface area contributed by atoms with Gasteiger partial charge in [-0.2, -0.15) is 0 Å². The van der Waals surface area contributed by atoms with Crippen LogP contribution in [-0.4, -0.2) is 6.04 Å². The third kappa shape index (κ3) is 1.52. The van der Waals surface area contributed by atoms with Crippen molar-refractivity contribution in [3.05, 3.63) is 11.6 Å². The Bertz CT molecular complexity index is 250. The van der Waals surface area contributed by atoms with Gasteiger partial charge in [-0.1, -0.05) is 25.5 Å². The van der Waals surface area contributed by atoms with E-state index in [9.17, 15) is 0 Å². The zero-order valence-corrected chi connectivity index (χ0v) is 9.72. The van der Waals surface area contributed by atoms with Gasteiger partial charge >= 0.3 is 0 Å². The summed E-state index contributed by atoms with van der Waals surface area (Å²) in [5.74, 6) is 1.84. The molecule has 3 aliphatic carbocycles. The summed E-state index contributed by atoms with van der Waals surface area (Å²) in [6, 6.07) is 0.358. The van der Waals surface area contributed by atoms with E-state index in [1.54, 1.807) is 5.57 Å². The fraction of sp³-hybridized carbons (Fsp3) is 0.846. The Morgan fingerprint density at radius 1 is 1.57 bits per heavy atom. The summed E-state index contributed by atoms with van der Waals surface area (Å²) in [4.78, 5) is 0. The van der Waals surface area contributed by atoms with Crippen LogP contribution in [0.25, 0.3) is 0 Å². The summed E-state index contributed by atoms with van der Waals surface area (Å²) in [6.45, 7) is 6.98. The summed E-state index contributed by atoms with van der Waals surface area (Å²) >= 11 is 0. The fourth-order valence-corrected chi connectivity index (χ4v) is 3.15. The van der Waals surface area contributed by atoms with Gasteiger partial charge in [-0.15, -0.1) is 0 Å². The highest BCUT2D eigenvalue weighted by molar-refractivity contribution is 5.23. The third-order valence-corrected chi connectivity index (χ3v) is 4.47. The maximum absolute atomic E-state index is 5.81. The molecule has 1 saturated carbocycles. The second-order valence-corrected chi connectivity index (χ2v) is 5.84. The molecule has 0 aromatic rings. The predicted molar refractivity (Wildman–Crippen MR) is 61.0 cm³/mol. The smallest absolute Gasteiger partial charge is 0.00135 e. The van der Waals surface area contributed by atoms with Crippen LogP contribution in [-0.2, 0) is 0 Å². The highest BCUT2D eigenvalue weighted by Gasteiger charge is 2.50. The number of allylic oxidation sites excluding steroid dienone is 2. The first-order chi connectivity index (χ1) is 6.51. The molecule has 2 unspecified atom stereocenters. The average Bonchev–Trinajstić information content (AvgIpc) is 2.14. The van der Waals surface area contributed by atoms with Crippen molar-refractivity contribution in [2.24, 2.45) is 23.0 Å². The molecule has 0 spiro atoms. The Labute approximate surface area is 87.8 Å². The van der Waals surface area contributed by atoms with Gasteiger partial charge in [0.1, 0.15) is 0 Å². The molecule has 3 rings (SSSR count). The standard InChI is InChI=1S/C13H23N/c1-9(14)4-5-10-6-7-11-8-12(10)13(11,2)3/h6,9,11-12H,4-5,7-8,14H2,1-3H3/t9-,11?,12?/m1/s1. The normalized spacial score (nSPS) is 35.9. The van der Waals surface area contributed by atoms with Crippen molar-refractivity contribution < 1.29 is 0 Å². The summed E-state index contributed by atoms with van der Waals surface area (Å²) in [5.41, 5.74) is 8.10. The molecule has 0 aliphatic heterocycles. The van der Waals surface area contributed by atoms with E-state index in [1.807, 2.05) is 0 Å². The van der Waals surface area contributed by atoms with Crippen molar-refractivity contribution in [2.75, 3.05) is 0 Å². The number of nitrogens with two attached hydrogens (primary N) is 1. The largest absolute Gasteiger partial charge is 0.328 e. The molecule has 0 radical (unpaired) electrons. The van der Waals surface area contributed by atoms with Crippen molar-refractivity contribution in [2.45, 2.75) is 52.5 Å². The van der Waals surface area contributed by atoms with Gasteiger partial charge in [0, 0.05) is 6.04 Å². The van der Waals surface area contributed by atoms with Gasteiger partial charge < -0.3 is 5.73 Å². The molecule has 0 saturated heterocycles. The molecule has 2 bridgehead atoms. The second-order valence-electron chi connectivity index (χ2n) is 5.84. The summed E-state index contributed by atoms with van der Waals surface area (Å²) < 4.78 is 0. The maximum atomic E-state index is 5.81. The molecule has 1 nitrogen and oxygen atoms in total. The minimum atomic E-state index is 0.358. The minimum absolute atomic E-state index is 0.358. The lowest BCUT2D eigenvalue weighted by molar-refractivity contribution is -0.00845. The first-order valence-electron chi connectivity index (χ1n) is 5.96. The van der Waals surface area contributed by atoms with Gasteiger partial charge in [0.25, 0.3) is 0 Å². The Hall–Kier alpha value is -0.300. The number of fused-ring (bicyclic) bond motifs is 1. The fourth-order valence-electron chi connectivity index (χ4n) is 3.15. The van der Waals surface area contributed by atoms with Crippen LogP contribution in [0.4, 0.5) is 0 Å². The van der Waals surface area contributed by atoms with Crippen molar-refractivity contribution in [3.8, 4) is 0 Å². The van der Waals surface area contributed by atoms with Crippen LogP contribution in [0.15, 0.2) is 11.6 Å². The van der Waals surface area contributed by atoms with Gasteiger partial charge in [0.15, 0.2) is 0 Å². The topological polar surface area (TPSA) is 26.0 Å². The zero-order chi connectivity index (χ0) is 10.3. The molecule has 80 valence electrons. The van der Waals surface area contributed by atoms with Crippen molar-refractivity contribution in [1.82, 2.24) is 0 Å². The minimum Gasteiger partial charge on any atom is -0.328 e. The molecule has 0 amide bonds. The SMILES string of the molecule is C[C@@H](N)CCC1=CCC2CC1C2(C)C. The van der Waals surface area contributed by atoms with Crippen molar-refractivity contribution in [3.63, 3.8) is 0 Å². The highest BCUT2D eigenvalue weighted by Crippen LogP contribution is 2.59. The van der Waals surface area contributed by atoms with Crippen LogP contribution in [0.1, 0.15) is 46.5 Å². The molecule has 0 aromatic heterocycles. The van der Waals surface area contributed by atoms with E-state index in [0.29, 0.717) is 11.5 Å². The van der Waals surface area contributed by atoms with Gasteiger partial charge in [0.2, 0.25) is 0 Å². The Kier molecular flexibility index (Phi) is 2.46. The predicted octanol–water partition coefficient (Wildman–Crippen LogP) is 3.11. The zero-order valence-electron chi connectivity index (χ0n) is 9.72. The van der Waals surface area contributed by atoms with Crippen LogP contribution in [0.3, 0.4) is 0 Å². The Balaban J connectivity index is 1.97. The monoisotopic (exact) mass is 193 g/mol. The number of hydrogen-bond acceptors (Lipinski definition) is 1. The molecule has 1 fully saturated rings. The maximum Gasteiger partial charge on any atom is 0.00135 e. The van der Waals surface area contributed by atoms with Gasteiger partial charge in [-0.25, -0.2) is 0 Å². The van der Waals surface area contributed by atoms with Gasteiger partial charge in [0.05, 0.1) is 0 Å². The van der Waals surface area contributed by atoms with Gasteiger partial charge in [-0.05, 0) is 49.9 Å². The van der Waals surface area contributed by atoms with E-state index < -0.39 is 0 Å². The van der Waals surface area contributed by atoms with E-state index in [4.69, 9.17) is 5.73 Å². The molecule has 3 aliphatic rings. The van der Waals surface area contributed by atoms with Crippen LogP contribution >= 0.6 is 0 Å². The third-order valence-electron chi connectivity index (χ3n) is 4.47. The summed E-state index contributed by atoms with van der Waals surface area (Å²) in [7, 11) is 0. The molecule has 0 heterocycles. The molecular formula is C13H23N.